The minimum Gasteiger partial charge on any atom is -0.481 e. The Morgan fingerprint density at radius 3 is 2.24 bits per heavy atom. The van der Waals surface area contributed by atoms with Gasteiger partial charge in [-0.1, -0.05) is 62.4 Å². The molecule has 1 saturated heterocycles. The van der Waals surface area contributed by atoms with Gasteiger partial charge >= 0.3 is 12.1 Å². The third-order valence-corrected chi connectivity index (χ3v) is 6.75. The fraction of sp³-hybridized carbons (Fsp3) is 0.423. The number of alkyl carbamates (subject to hydrolysis) is 1. The van der Waals surface area contributed by atoms with E-state index >= 15 is 0 Å². The number of amides is 2. The Morgan fingerprint density at radius 1 is 1.09 bits per heavy atom. The van der Waals surface area contributed by atoms with E-state index in [2.05, 4.69) is 22.8 Å². The number of benzene rings is 2. The maximum absolute atomic E-state index is 13.0. The summed E-state index contributed by atoms with van der Waals surface area (Å²) in [5.74, 6) is -2.41. The molecule has 1 heterocycles. The molecule has 0 saturated carbocycles. The van der Waals surface area contributed by atoms with Crippen LogP contribution in [0.2, 0.25) is 0 Å². The highest BCUT2D eigenvalue weighted by molar-refractivity contribution is 5.91. The van der Waals surface area contributed by atoms with Crippen LogP contribution in [0, 0.1) is 11.8 Å². The lowest BCUT2D eigenvalue weighted by molar-refractivity contribution is -0.143. The van der Waals surface area contributed by atoms with Crippen molar-refractivity contribution in [2.24, 2.45) is 11.8 Å². The number of carboxylic acids is 1. The highest BCUT2D eigenvalue weighted by Crippen LogP contribution is 2.44. The van der Waals surface area contributed by atoms with Gasteiger partial charge in [0.25, 0.3) is 0 Å². The minimum absolute atomic E-state index is 0.00243. The Labute approximate surface area is 198 Å². The molecule has 8 nitrogen and oxygen atoms in total. The van der Waals surface area contributed by atoms with E-state index < -0.39 is 29.4 Å². The summed E-state index contributed by atoms with van der Waals surface area (Å²) in [6.07, 6.45) is -0.427. The van der Waals surface area contributed by atoms with Crippen LogP contribution in [-0.2, 0) is 19.1 Å². The van der Waals surface area contributed by atoms with Crippen molar-refractivity contribution >= 4 is 18.0 Å². The normalized spacial score (nSPS) is 19.9. The second-order valence-electron chi connectivity index (χ2n) is 9.23. The van der Waals surface area contributed by atoms with E-state index in [0.29, 0.717) is 6.61 Å². The number of fused-ring (bicyclic) bond motifs is 3. The van der Waals surface area contributed by atoms with Gasteiger partial charge in [0, 0.05) is 25.5 Å². The van der Waals surface area contributed by atoms with Gasteiger partial charge in [-0.2, -0.15) is 0 Å². The maximum Gasteiger partial charge on any atom is 0.408 e. The largest absolute Gasteiger partial charge is 0.481 e. The molecule has 34 heavy (non-hydrogen) atoms. The molecule has 3 N–H and O–H groups in total. The number of aliphatic carboxylic acids is 1. The number of ether oxygens (including phenoxy) is 2. The van der Waals surface area contributed by atoms with E-state index in [4.69, 9.17) is 9.47 Å². The lowest BCUT2D eigenvalue weighted by Crippen LogP contribution is -2.60. The summed E-state index contributed by atoms with van der Waals surface area (Å²) in [6.45, 7) is 3.99. The van der Waals surface area contributed by atoms with E-state index in [1.165, 1.54) is 0 Å². The summed E-state index contributed by atoms with van der Waals surface area (Å²) in [5, 5.41) is 14.8. The minimum atomic E-state index is -1.29. The molecule has 0 bridgehead atoms. The summed E-state index contributed by atoms with van der Waals surface area (Å²) in [6, 6.07) is 16.1. The molecule has 4 rings (SSSR count). The average molecular weight is 467 g/mol. The number of nitrogens with one attached hydrogen (secondary N) is 2. The van der Waals surface area contributed by atoms with E-state index in [-0.39, 0.29) is 38.0 Å². The molecule has 0 radical (unpaired) electrons. The van der Waals surface area contributed by atoms with Gasteiger partial charge < -0.3 is 25.2 Å². The Bertz CT molecular complexity index is 1030. The topological polar surface area (TPSA) is 114 Å². The Balaban J connectivity index is 1.41. The second-order valence-corrected chi connectivity index (χ2v) is 9.23. The molecular weight excluding hydrogens is 436 g/mol. The van der Waals surface area contributed by atoms with Crippen LogP contribution < -0.4 is 10.6 Å². The lowest BCUT2D eigenvalue weighted by Gasteiger charge is -2.28. The van der Waals surface area contributed by atoms with E-state index in [1.807, 2.05) is 36.4 Å². The first kappa shape index (κ1) is 23.8. The van der Waals surface area contributed by atoms with Gasteiger partial charge in [-0.15, -0.1) is 0 Å². The molecule has 1 aliphatic heterocycles. The standard InChI is InChI=1S/C26H30N2O6/c1-16(2)21(23(29)30)13-27-24(31)26(11-12-33-15-26)28-25(32)34-14-22-19-9-5-3-7-17(19)18-8-4-6-10-20(18)22/h3-10,16,21-22H,11-15H2,1-2H3,(H,27,31)(H,28,32)(H,29,30). The third kappa shape index (κ3) is 4.63. The van der Waals surface area contributed by atoms with Gasteiger partial charge in [-0.05, 0) is 28.2 Å². The van der Waals surface area contributed by atoms with Crippen LogP contribution in [-0.4, -0.2) is 55.0 Å². The molecule has 2 aromatic rings. The van der Waals surface area contributed by atoms with Crippen molar-refractivity contribution in [2.75, 3.05) is 26.4 Å². The lowest BCUT2D eigenvalue weighted by atomic mass is 9.94. The van der Waals surface area contributed by atoms with Crippen molar-refractivity contribution in [1.29, 1.82) is 0 Å². The summed E-state index contributed by atoms with van der Waals surface area (Å²) in [5.41, 5.74) is 3.17. The predicted octanol–water partition coefficient (Wildman–Crippen LogP) is 3.16. The van der Waals surface area contributed by atoms with Gasteiger partial charge in [0.05, 0.1) is 12.5 Å². The van der Waals surface area contributed by atoms with Crippen molar-refractivity contribution in [3.63, 3.8) is 0 Å². The van der Waals surface area contributed by atoms with Gasteiger partial charge in [0.1, 0.15) is 12.1 Å². The predicted molar refractivity (Wildman–Crippen MR) is 125 cm³/mol. The fourth-order valence-corrected chi connectivity index (χ4v) is 4.71. The van der Waals surface area contributed by atoms with Crippen molar-refractivity contribution in [2.45, 2.75) is 31.7 Å². The Morgan fingerprint density at radius 2 is 1.71 bits per heavy atom. The van der Waals surface area contributed by atoms with Crippen molar-refractivity contribution in [1.82, 2.24) is 10.6 Å². The van der Waals surface area contributed by atoms with Crippen molar-refractivity contribution in [3.05, 3.63) is 59.7 Å². The van der Waals surface area contributed by atoms with Crippen LogP contribution in [0.15, 0.2) is 48.5 Å². The summed E-state index contributed by atoms with van der Waals surface area (Å²) in [7, 11) is 0. The van der Waals surface area contributed by atoms with Crippen LogP contribution >= 0.6 is 0 Å². The molecule has 0 spiro atoms. The summed E-state index contributed by atoms with van der Waals surface area (Å²) in [4.78, 5) is 37.2. The molecule has 8 heteroatoms. The Kier molecular flexibility index (Phi) is 6.88. The monoisotopic (exact) mass is 466 g/mol. The highest BCUT2D eigenvalue weighted by atomic mass is 16.6. The van der Waals surface area contributed by atoms with Crippen LogP contribution in [0.3, 0.4) is 0 Å². The van der Waals surface area contributed by atoms with Crippen LogP contribution in [0.1, 0.15) is 37.3 Å². The number of hydrogen-bond donors (Lipinski definition) is 3. The number of carbonyl (C=O) groups excluding carboxylic acids is 2. The molecule has 2 atom stereocenters. The molecule has 2 unspecified atom stereocenters. The molecule has 1 aliphatic carbocycles. The summed E-state index contributed by atoms with van der Waals surface area (Å²) < 4.78 is 11.0. The molecule has 0 aromatic heterocycles. The molecule has 1 fully saturated rings. The molecular formula is C26H30N2O6. The number of carbonyl (C=O) groups is 3. The second kappa shape index (κ2) is 9.85. The SMILES string of the molecule is CC(C)C(CNC(=O)C1(NC(=O)OCC2c3ccccc3-c3ccccc32)CCOC1)C(=O)O. The first-order valence-corrected chi connectivity index (χ1v) is 11.5. The first-order valence-electron chi connectivity index (χ1n) is 11.5. The third-order valence-electron chi connectivity index (χ3n) is 6.75. The molecule has 2 amide bonds. The zero-order valence-electron chi connectivity index (χ0n) is 19.4. The van der Waals surface area contributed by atoms with Crippen molar-refractivity contribution in [3.8, 4) is 11.1 Å². The van der Waals surface area contributed by atoms with Crippen LogP contribution in [0.25, 0.3) is 11.1 Å². The Hall–Kier alpha value is -3.39. The van der Waals surface area contributed by atoms with E-state index in [0.717, 1.165) is 22.3 Å². The molecule has 180 valence electrons. The van der Waals surface area contributed by atoms with E-state index in [9.17, 15) is 19.5 Å². The zero-order chi connectivity index (χ0) is 24.3. The fourth-order valence-electron chi connectivity index (χ4n) is 4.71. The smallest absolute Gasteiger partial charge is 0.408 e. The van der Waals surface area contributed by atoms with Crippen LogP contribution in [0.4, 0.5) is 4.79 Å². The zero-order valence-corrected chi connectivity index (χ0v) is 19.4. The number of rotatable bonds is 8. The first-order chi connectivity index (χ1) is 16.3. The van der Waals surface area contributed by atoms with Crippen LogP contribution in [0.5, 0.6) is 0 Å². The van der Waals surface area contributed by atoms with Gasteiger partial charge in [-0.3, -0.25) is 9.59 Å². The number of hydrogen-bond acceptors (Lipinski definition) is 5. The van der Waals surface area contributed by atoms with E-state index in [1.54, 1.807) is 13.8 Å². The average Bonchev–Trinajstić information content (AvgIpc) is 3.41. The van der Waals surface area contributed by atoms with Gasteiger partial charge in [-0.25, -0.2) is 4.79 Å². The number of carboxylic acid groups (broad SMARTS) is 1. The molecule has 2 aromatic carbocycles. The summed E-state index contributed by atoms with van der Waals surface area (Å²) >= 11 is 0. The van der Waals surface area contributed by atoms with Crippen molar-refractivity contribution < 1.29 is 29.0 Å². The highest BCUT2D eigenvalue weighted by Gasteiger charge is 2.44. The molecule has 2 aliphatic rings. The quantitative estimate of drug-likeness (QED) is 0.551. The maximum atomic E-state index is 13.0. The van der Waals surface area contributed by atoms with Gasteiger partial charge in [0.2, 0.25) is 5.91 Å². The van der Waals surface area contributed by atoms with Gasteiger partial charge in [0.15, 0.2) is 0 Å².